The number of rotatable bonds is 8. The molecule has 16 heteroatoms. The van der Waals surface area contributed by atoms with Crippen LogP contribution in [0.25, 0.3) is 22.1 Å². The fourth-order valence-electron chi connectivity index (χ4n) is 6.33. The first kappa shape index (κ1) is 35.2. The third-order valence-corrected chi connectivity index (χ3v) is 9.94. The van der Waals surface area contributed by atoms with Gasteiger partial charge in [-0.1, -0.05) is 85.1 Å². The Morgan fingerprint density at radius 1 is 0.717 bits per heavy atom. The number of piperazine rings is 1. The van der Waals surface area contributed by atoms with Crippen LogP contribution in [-0.2, 0) is 9.59 Å². The Morgan fingerprint density at radius 3 is 1.70 bits per heavy atom. The Bertz CT molecular complexity index is 2480. The van der Waals surface area contributed by atoms with E-state index in [9.17, 15) is 14.7 Å². The molecule has 1 aliphatic rings. The second kappa shape index (κ2) is 15.5. The van der Waals surface area contributed by atoms with Crippen molar-refractivity contribution in [1.29, 1.82) is 0 Å². The molecule has 0 radical (unpaired) electrons. The summed E-state index contributed by atoms with van der Waals surface area (Å²) >= 11 is 11.1. The van der Waals surface area contributed by atoms with Crippen molar-refractivity contribution < 1.29 is 19.4 Å². The number of nitrogens with one attached hydrogen (secondary N) is 2. The van der Waals surface area contributed by atoms with Gasteiger partial charge in [0, 0.05) is 31.9 Å². The zero-order valence-electron chi connectivity index (χ0n) is 28.4. The van der Waals surface area contributed by atoms with Crippen molar-refractivity contribution in [3.8, 4) is 5.75 Å². The van der Waals surface area contributed by atoms with E-state index in [0.717, 1.165) is 35.5 Å². The van der Waals surface area contributed by atoms with Crippen molar-refractivity contribution >= 4 is 64.1 Å². The molecule has 53 heavy (non-hydrogen) atoms. The van der Waals surface area contributed by atoms with Gasteiger partial charge in [0.25, 0.3) is 0 Å². The minimum atomic E-state index is -0.989. The van der Waals surface area contributed by atoms with E-state index in [4.69, 9.17) is 29.2 Å². The van der Waals surface area contributed by atoms with E-state index in [2.05, 4.69) is 35.3 Å². The smallest absolute Gasteiger partial charge is 0.331 e. The molecule has 2 atom stereocenters. The van der Waals surface area contributed by atoms with Crippen LogP contribution in [0.4, 0.5) is 5.69 Å². The number of benzene rings is 3. The van der Waals surface area contributed by atoms with Crippen LogP contribution in [-0.4, -0.2) is 94.7 Å². The Balaban J connectivity index is 0.000000186. The first-order chi connectivity index (χ1) is 25.8. The van der Waals surface area contributed by atoms with E-state index in [1.807, 2.05) is 65.6 Å². The Hall–Kier alpha value is -6.26. The maximum Gasteiger partial charge on any atom is 0.331 e. The second-order valence-corrected chi connectivity index (χ2v) is 12.9. The molecule has 4 aromatic heterocycles. The van der Waals surface area contributed by atoms with Gasteiger partial charge in [-0.2, -0.15) is 10.2 Å². The van der Waals surface area contributed by atoms with Gasteiger partial charge in [0.1, 0.15) is 21.1 Å². The molecular formula is C37H34N10O4S2. The van der Waals surface area contributed by atoms with Gasteiger partial charge in [-0.05, 0) is 35.4 Å². The van der Waals surface area contributed by atoms with Gasteiger partial charge < -0.3 is 28.8 Å². The molecule has 3 N–H and O–H groups in total. The van der Waals surface area contributed by atoms with E-state index >= 15 is 0 Å². The molecule has 0 saturated carbocycles. The molecule has 1 saturated heterocycles. The third-order valence-electron chi connectivity index (χ3n) is 9.07. The van der Waals surface area contributed by atoms with Gasteiger partial charge in [0.2, 0.25) is 5.91 Å². The number of carboxylic acid groups (broad SMARTS) is 1. The average molecular weight is 747 g/mol. The maximum absolute atomic E-state index is 13.8. The number of amides is 1. The number of methoxy groups -OCH3 is 1. The highest BCUT2D eigenvalue weighted by Gasteiger charge is 2.31. The summed E-state index contributed by atoms with van der Waals surface area (Å²) in [6.45, 7) is 2.76. The highest BCUT2D eigenvalue weighted by Crippen LogP contribution is 2.26. The lowest BCUT2D eigenvalue weighted by Crippen LogP contribution is -2.50. The SMILES string of the molecule is COc1ccc(N2CCN(C(=O)C(c3ccccc3)n3cnc4[nH]ncc4c3=S)CC2)cc1.O=C(O)C(c1ccccc1)n1cnc2[nH]ncc2c1=S. The van der Waals surface area contributed by atoms with Gasteiger partial charge in [-0.15, -0.1) is 0 Å². The standard InChI is InChI=1S/C24H24N6O2S.C13H10N4O2S/c1-32-19-9-7-18(8-10-19)28-11-13-29(14-12-28)23(31)21(17-5-3-2-4-6-17)30-16-25-22-20(24(30)33)15-26-27-22;18-13(19)10(8-4-2-1-3-5-8)17-7-14-11-9(12(17)20)6-15-16-11/h2-10,15-16,21H,11-14H2,1H3,(H,26,27);1-7,10H,(H,15,16)(H,18,19). The Morgan fingerprint density at radius 2 is 1.21 bits per heavy atom. The summed E-state index contributed by atoms with van der Waals surface area (Å²) in [5.74, 6) is -0.147. The summed E-state index contributed by atoms with van der Waals surface area (Å²) in [4.78, 5) is 38.2. The van der Waals surface area contributed by atoms with Crippen LogP contribution in [0.1, 0.15) is 23.2 Å². The van der Waals surface area contributed by atoms with Crippen molar-refractivity contribution in [2.75, 3.05) is 38.2 Å². The quantitative estimate of drug-likeness (QED) is 0.166. The Labute approximate surface area is 313 Å². The summed E-state index contributed by atoms with van der Waals surface area (Å²) in [5, 5.41) is 24.3. The molecular weight excluding hydrogens is 713 g/mol. The van der Waals surface area contributed by atoms with Crippen molar-refractivity contribution in [3.63, 3.8) is 0 Å². The largest absolute Gasteiger partial charge is 0.497 e. The molecule has 1 amide bonds. The van der Waals surface area contributed by atoms with Crippen LogP contribution < -0.4 is 9.64 Å². The van der Waals surface area contributed by atoms with E-state index in [-0.39, 0.29) is 5.91 Å². The summed E-state index contributed by atoms with van der Waals surface area (Å²) in [5.41, 5.74) is 3.80. The lowest BCUT2D eigenvalue weighted by molar-refractivity contribution is -0.139. The predicted molar refractivity (Wildman–Crippen MR) is 204 cm³/mol. The second-order valence-electron chi connectivity index (χ2n) is 12.2. The molecule has 7 aromatic rings. The van der Waals surface area contributed by atoms with Crippen LogP contribution in [0, 0.1) is 9.28 Å². The fourth-order valence-corrected chi connectivity index (χ4v) is 6.93. The lowest BCUT2D eigenvalue weighted by atomic mass is 10.0. The number of aromatic nitrogens is 8. The predicted octanol–water partition coefficient (Wildman–Crippen LogP) is 5.60. The minimum absolute atomic E-state index is 0.0105. The third kappa shape index (κ3) is 7.27. The topological polar surface area (TPSA) is 163 Å². The van der Waals surface area contributed by atoms with Gasteiger partial charge in [-0.3, -0.25) is 15.0 Å². The summed E-state index contributed by atoms with van der Waals surface area (Å²) in [6, 6.07) is 25.2. The monoisotopic (exact) mass is 746 g/mol. The first-order valence-corrected chi connectivity index (χ1v) is 17.5. The van der Waals surface area contributed by atoms with Crippen molar-refractivity contribution in [2.24, 2.45) is 0 Å². The van der Waals surface area contributed by atoms with E-state index < -0.39 is 18.1 Å². The van der Waals surface area contributed by atoms with Crippen LogP contribution in [0.3, 0.4) is 0 Å². The van der Waals surface area contributed by atoms with E-state index in [1.54, 1.807) is 54.7 Å². The number of H-pyrrole nitrogens is 2. The minimum Gasteiger partial charge on any atom is -0.497 e. The van der Waals surface area contributed by atoms with Gasteiger partial charge in [0.15, 0.2) is 17.3 Å². The van der Waals surface area contributed by atoms with Crippen LogP contribution >= 0.6 is 24.4 Å². The fraction of sp³-hybridized carbons (Fsp3) is 0.189. The molecule has 268 valence electrons. The first-order valence-electron chi connectivity index (χ1n) is 16.6. The van der Waals surface area contributed by atoms with E-state index in [0.29, 0.717) is 44.6 Å². The number of hydrogen-bond donors (Lipinski definition) is 3. The average Bonchev–Trinajstić information content (AvgIpc) is 3.89. The normalized spacial score (nSPS) is 14.0. The molecule has 0 spiro atoms. The summed E-state index contributed by atoms with van der Waals surface area (Å²) in [7, 11) is 1.66. The molecule has 2 unspecified atom stereocenters. The van der Waals surface area contributed by atoms with E-state index in [1.165, 1.54) is 10.9 Å². The van der Waals surface area contributed by atoms with Crippen LogP contribution in [0.2, 0.25) is 0 Å². The number of fused-ring (bicyclic) bond motifs is 2. The van der Waals surface area contributed by atoms with Crippen molar-refractivity contribution in [2.45, 2.75) is 12.1 Å². The Kier molecular flexibility index (Phi) is 10.3. The molecule has 0 bridgehead atoms. The summed E-state index contributed by atoms with van der Waals surface area (Å²) < 4.78 is 9.42. The van der Waals surface area contributed by atoms with Crippen LogP contribution in [0.15, 0.2) is 110 Å². The number of ether oxygens (including phenoxy) is 1. The lowest BCUT2D eigenvalue weighted by Gasteiger charge is -2.38. The van der Waals surface area contributed by atoms with Crippen molar-refractivity contribution in [1.82, 2.24) is 44.4 Å². The number of carbonyl (C=O) groups is 2. The molecule has 8 rings (SSSR count). The highest BCUT2D eigenvalue weighted by atomic mass is 32.1. The number of hydrogen-bond acceptors (Lipinski definition) is 10. The van der Waals surface area contributed by atoms with Crippen molar-refractivity contribution in [3.05, 3.63) is 130 Å². The zero-order chi connectivity index (χ0) is 36.9. The van der Waals surface area contributed by atoms with Gasteiger partial charge in [-0.25, -0.2) is 14.8 Å². The number of anilines is 1. The molecule has 14 nitrogen and oxygen atoms in total. The number of aliphatic carboxylic acids is 1. The molecule has 5 heterocycles. The number of nitrogens with zero attached hydrogens (tertiary/aromatic N) is 8. The number of carboxylic acids is 1. The number of aromatic amines is 2. The van der Waals surface area contributed by atoms with Crippen LogP contribution in [0.5, 0.6) is 5.75 Å². The highest BCUT2D eigenvalue weighted by molar-refractivity contribution is 7.71. The summed E-state index contributed by atoms with van der Waals surface area (Å²) in [6.07, 6.45) is 6.26. The molecule has 1 aliphatic heterocycles. The van der Waals surface area contributed by atoms with Gasteiger partial charge in [0.05, 0.1) is 42.9 Å². The zero-order valence-corrected chi connectivity index (χ0v) is 30.1. The molecule has 1 fully saturated rings. The molecule has 0 aliphatic carbocycles. The number of carbonyl (C=O) groups excluding carboxylic acids is 1. The van der Waals surface area contributed by atoms with Gasteiger partial charge >= 0.3 is 5.97 Å². The molecule has 3 aromatic carbocycles. The maximum atomic E-state index is 13.8.